The number of aromatic nitrogens is 1. The largest absolute Gasteiger partial charge is 0.481 e. The Bertz CT molecular complexity index is 1000. The van der Waals surface area contributed by atoms with Gasteiger partial charge in [-0.05, 0) is 49.9 Å². The Morgan fingerprint density at radius 2 is 2.07 bits per heavy atom. The number of carbonyl (C=O) groups excluding carboxylic acids is 1. The summed E-state index contributed by atoms with van der Waals surface area (Å²) < 4.78 is 10.6. The van der Waals surface area contributed by atoms with Gasteiger partial charge >= 0.3 is 0 Å². The van der Waals surface area contributed by atoms with Crippen LogP contribution in [0, 0.1) is 19.8 Å². The topological polar surface area (TPSA) is 76.0 Å². The number of nitrogens with zero attached hydrogens (tertiary/aromatic N) is 3. The maximum Gasteiger partial charge on any atom is 0.235 e. The lowest BCUT2D eigenvalue weighted by molar-refractivity contribution is -0.119. The first-order valence-electron chi connectivity index (χ1n) is 10.2. The number of methoxy groups -OCH3 is 2. The standard InChI is InChI=1S/C23H28N4O3/c1-13-11-24-23(30-5)15(3)20(13)16-6-7-17-19(10-16)26-22(28)18-12-25-27(21(17)18)14(2)8-9-29-4/h6-7,10-12,14,18,21H,8-9H2,1-5H3,(H,26,28)/t14-,18?,21?/m1/s1. The SMILES string of the molecule is COCC[C@@H](C)N1N=CC2C(=O)Nc3cc(-c4c(C)cnc(OC)c4C)ccc3C21. The van der Waals surface area contributed by atoms with Gasteiger partial charge in [0.25, 0.3) is 0 Å². The number of amides is 1. The molecule has 7 heteroatoms. The molecule has 158 valence electrons. The van der Waals surface area contributed by atoms with Crippen molar-refractivity contribution in [1.82, 2.24) is 9.99 Å². The molecular formula is C23H28N4O3. The molecule has 30 heavy (non-hydrogen) atoms. The molecule has 0 radical (unpaired) electrons. The highest BCUT2D eigenvalue weighted by Crippen LogP contribution is 2.44. The Balaban J connectivity index is 1.74. The number of carbonyl (C=O) groups is 1. The molecule has 0 fully saturated rings. The fourth-order valence-electron chi connectivity index (χ4n) is 4.49. The van der Waals surface area contributed by atoms with Crippen molar-refractivity contribution < 1.29 is 14.3 Å². The summed E-state index contributed by atoms with van der Waals surface area (Å²) in [6, 6.07) is 6.35. The summed E-state index contributed by atoms with van der Waals surface area (Å²) in [6.07, 6.45) is 4.43. The van der Waals surface area contributed by atoms with Gasteiger partial charge in [0.2, 0.25) is 11.8 Å². The van der Waals surface area contributed by atoms with E-state index in [1.165, 1.54) is 0 Å². The predicted octanol–water partition coefficient (Wildman–Crippen LogP) is 3.71. The molecule has 0 aliphatic carbocycles. The highest BCUT2D eigenvalue weighted by molar-refractivity contribution is 6.06. The average molecular weight is 409 g/mol. The van der Waals surface area contributed by atoms with E-state index in [4.69, 9.17) is 9.47 Å². The summed E-state index contributed by atoms with van der Waals surface area (Å²) in [5.41, 5.74) is 6.07. The zero-order valence-corrected chi connectivity index (χ0v) is 18.1. The van der Waals surface area contributed by atoms with E-state index in [9.17, 15) is 4.79 Å². The molecular weight excluding hydrogens is 380 g/mol. The van der Waals surface area contributed by atoms with Gasteiger partial charge in [0.05, 0.1) is 13.2 Å². The summed E-state index contributed by atoms with van der Waals surface area (Å²) in [7, 11) is 3.33. The van der Waals surface area contributed by atoms with Crippen LogP contribution in [0.5, 0.6) is 5.88 Å². The summed E-state index contributed by atoms with van der Waals surface area (Å²) in [5, 5.41) is 9.71. The van der Waals surface area contributed by atoms with Gasteiger partial charge in [-0.15, -0.1) is 0 Å². The number of hydrazone groups is 1. The molecule has 1 aromatic heterocycles. The molecule has 3 atom stereocenters. The number of rotatable bonds is 6. The fourth-order valence-corrected chi connectivity index (χ4v) is 4.49. The number of hydrogen-bond acceptors (Lipinski definition) is 6. The van der Waals surface area contributed by atoms with Gasteiger partial charge in [0.15, 0.2) is 0 Å². The number of anilines is 1. The van der Waals surface area contributed by atoms with Crippen LogP contribution >= 0.6 is 0 Å². The molecule has 2 unspecified atom stereocenters. The van der Waals surface area contributed by atoms with E-state index < -0.39 is 0 Å². The van der Waals surface area contributed by atoms with Crippen molar-refractivity contribution in [1.29, 1.82) is 0 Å². The number of aryl methyl sites for hydroxylation is 1. The Hall–Kier alpha value is -2.93. The molecule has 1 aromatic carbocycles. The average Bonchev–Trinajstić information content (AvgIpc) is 3.18. The van der Waals surface area contributed by atoms with Crippen molar-refractivity contribution in [2.24, 2.45) is 11.0 Å². The van der Waals surface area contributed by atoms with Gasteiger partial charge in [-0.25, -0.2) is 4.98 Å². The molecule has 4 rings (SSSR count). The van der Waals surface area contributed by atoms with Gasteiger partial charge in [-0.1, -0.05) is 12.1 Å². The van der Waals surface area contributed by atoms with Gasteiger partial charge < -0.3 is 14.8 Å². The molecule has 2 aromatic rings. The van der Waals surface area contributed by atoms with Crippen LogP contribution in [0.25, 0.3) is 11.1 Å². The number of benzene rings is 1. The second-order valence-corrected chi connectivity index (χ2v) is 7.99. The van der Waals surface area contributed by atoms with Crippen LogP contribution in [0.1, 0.15) is 36.1 Å². The molecule has 2 aliphatic heterocycles. The fraction of sp³-hybridized carbons (Fsp3) is 0.435. The van der Waals surface area contributed by atoms with E-state index in [1.807, 2.05) is 25.1 Å². The molecule has 2 aliphatic rings. The maximum atomic E-state index is 12.8. The zero-order valence-electron chi connectivity index (χ0n) is 18.1. The Labute approximate surface area is 177 Å². The van der Waals surface area contributed by atoms with E-state index in [0.717, 1.165) is 39.9 Å². The van der Waals surface area contributed by atoms with Crippen molar-refractivity contribution in [2.75, 3.05) is 26.1 Å². The van der Waals surface area contributed by atoms with Crippen molar-refractivity contribution in [3.8, 4) is 17.0 Å². The van der Waals surface area contributed by atoms with Gasteiger partial charge in [-0.3, -0.25) is 9.80 Å². The number of hydrogen-bond donors (Lipinski definition) is 1. The third kappa shape index (κ3) is 3.33. The molecule has 1 amide bonds. The second-order valence-electron chi connectivity index (χ2n) is 7.99. The van der Waals surface area contributed by atoms with Gasteiger partial charge in [0, 0.05) is 49.0 Å². The van der Waals surface area contributed by atoms with Crippen molar-refractivity contribution >= 4 is 17.8 Å². The number of pyridine rings is 1. The minimum atomic E-state index is -0.280. The Morgan fingerprint density at radius 1 is 1.27 bits per heavy atom. The summed E-state index contributed by atoms with van der Waals surface area (Å²) in [6.45, 7) is 6.82. The van der Waals surface area contributed by atoms with Crippen LogP contribution in [0.4, 0.5) is 5.69 Å². The first-order chi connectivity index (χ1) is 14.5. The number of ether oxygens (including phenoxy) is 2. The Morgan fingerprint density at radius 3 is 2.80 bits per heavy atom. The van der Waals surface area contributed by atoms with Crippen molar-refractivity contribution in [3.05, 3.63) is 41.1 Å². The zero-order chi connectivity index (χ0) is 21.4. The summed E-state index contributed by atoms with van der Waals surface area (Å²) >= 11 is 0. The molecule has 0 spiro atoms. The van der Waals surface area contributed by atoms with E-state index in [-0.39, 0.29) is 23.9 Å². The van der Waals surface area contributed by atoms with E-state index >= 15 is 0 Å². The number of fused-ring (bicyclic) bond motifs is 3. The molecule has 3 heterocycles. The summed E-state index contributed by atoms with van der Waals surface area (Å²) in [4.78, 5) is 17.2. The van der Waals surface area contributed by atoms with E-state index in [2.05, 4.69) is 40.5 Å². The molecule has 0 saturated heterocycles. The highest BCUT2D eigenvalue weighted by atomic mass is 16.5. The van der Waals surface area contributed by atoms with E-state index in [0.29, 0.717) is 12.5 Å². The van der Waals surface area contributed by atoms with Crippen LogP contribution in [0.3, 0.4) is 0 Å². The van der Waals surface area contributed by atoms with Crippen molar-refractivity contribution in [3.63, 3.8) is 0 Å². The highest BCUT2D eigenvalue weighted by Gasteiger charge is 2.43. The van der Waals surface area contributed by atoms with Crippen LogP contribution in [-0.4, -0.2) is 49.0 Å². The van der Waals surface area contributed by atoms with Crippen LogP contribution in [0.15, 0.2) is 29.5 Å². The quantitative estimate of drug-likeness (QED) is 0.789. The molecule has 7 nitrogen and oxygen atoms in total. The van der Waals surface area contributed by atoms with Crippen LogP contribution in [0.2, 0.25) is 0 Å². The lowest BCUT2D eigenvalue weighted by atomic mass is 9.86. The summed E-state index contributed by atoms with van der Waals surface area (Å²) in [5.74, 6) is 0.313. The number of nitrogens with one attached hydrogen (secondary N) is 1. The third-order valence-corrected chi connectivity index (χ3v) is 6.06. The Kier molecular flexibility index (Phi) is 5.47. The van der Waals surface area contributed by atoms with Gasteiger partial charge in [-0.2, -0.15) is 5.10 Å². The first kappa shape index (κ1) is 20.3. The molecule has 0 saturated carbocycles. The van der Waals surface area contributed by atoms with Crippen LogP contribution in [-0.2, 0) is 9.53 Å². The monoisotopic (exact) mass is 408 g/mol. The van der Waals surface area contributed by atoms with Gasteiger partial charge in [0.1, 0.15) is 5.92 Å². The molecule has 1 N–H and O–H groups in total. The lowest BCUT2D eigenvalue weighted by Gasteiger charge is -2.36. The minimum absolute atomic E-state index is 0.0180. The van der Waals surface area contributed by atoms with E-state index in [1.54, 1.807) is 20.4 Å². The lowest BCUT2D eigenvalue weighted by Crippen LogP contribution is -2.40. The van der Waals surface area contributed by atoms with Crippen molar-refractivity contribution in [2.45, 2.75) is 39.3 Å². The normalized spacial score (nSPS) is 20.6. The predicted molar refractivity (Wildman–Crippen MR) is 117 cm³/mol. The molecule has 0 bridgehead atoms. The van der Waals surface area contributed by atoms with Crippen LogP contribution < -0.4 is 10.1 Å². The first-order valence-corrected chi connectivity index (χ1v) is 10.2. The minimum Gasteiger partial charge on any atom is -0.481 e. The third-order valence-electron chi connectivity index (χ3n) is 6.06. The smallest absolute Gasteiger partial charge is 0.235 e. The second kappa shape index (κ2) is 8.07. The maximum absolute atomic E-state index is 12.8.